The maximum absolute atomic E-state index is 12.7. The number of hydrogen-bond acceptors (Lipinski definition) is 4. The summed E-state index contributed by atoms with van der Waals surface area (Å²) in [6.45, 7) is 5.26. The maximum Gasteiger partial charge on any atom is 0.264 e. The van der Waals surface area contributed by atoms with Crippen molar-refractivity contribution in [1.82, 2.24) is 9.62 Å². The van der Waals surface area contributed by atoms with E-state index in [2.05, 4.69) is 11.6 Å². The van der Waals surface area contributed by atoms with Crippen molar-refractivity contribution in [3.63, 3.8) is 0 Å². The number of thiophene rings is 1. The molecule has 5 nitrogen and oxygen atoms in total. The lowest BCUT2D eigenvalue weighted by Gasteiger charge is -2.38. The SMILES string of the molecule is CC[C@@H]1CN(C(=O)c2sccc2C)CC[C@@H]1NS(=O)(=O)C1CC1. The summed E-state index contributed by atoms with van der Waals surface area (Å²) in [5, 5.41) is 1.75. The minimum absolute atomic E-state index is 0.0425. The largest absolute Gasteiger partial charge is 0.338 e. The monoisotopic (exact) mass is 356 g/mol. The van der Waals surface area contributed by atoms with Crippen LogP contribution >= 0.6 is 11.3 Å². The predicted molar refractivity (Wildman–Crippen MR) is 92.2 cm³/mol. The van der Waals surface area contributed by atoms with E-state index in [1.807, 2.05) is 23.3 Å². The summed E-state index contributed by atoms with van der Waals surface area (Å²) < 4.78 is 27.3. The fraction of sp³-hybridized carbons (Fsp3) is 0.688. The number of nitrogens with zero attached hydrogens (tertiary/aromatic N) is 1. The van der Waals surface area contributed by atoms with Crippen molar-refractivity contribution in [3.8, 4) is 0 Å². The van der Waals surface area contributed by atoms with E-state index < -0.39 is 10.0 Å². The lowest BCUT2D eigenvalue weighted by atomic mass is 9.90. The molecule has 128 valence electrons. The minimum atomic E-state index is -3.17. The second kappa shape index (κ2) is 6.53. The Balaban J connectivity index is 1.66. The second-order valence-electron chi connectivity index (χ2n) is 6.61. The van der Waals surface area contributed by atoms with Gasteiger partial charge in [-0.2, -0.15) is 0 Å². The maximum atomic E-state index is 12.7. The summed E-state index contributed by atoms with van der Waals surface area (Å²) in [6.07, 6.45) is 3.12. The van der Waals surface area contributed by atoms with E-state index in [0.29, 0.717) is 19.5 Å². The Morgan fingerprint density at radius 2 is 2.13 bits per heavy atom. The van der Waals surface area contributed by atoms with Crippen LogP contribution in [0.15, 0.2) is 11.4 Å². The van der Waals surface area contributed by atoms with E-state index in [9.17, 15) is 13.2 Å². The molecule has 0 spiro atoms. The van der Waals surface area contributed by atoms with E-state index in [0.717, 1.165) is 29.7 Å². The molecule has 7 heteroatoms. The molecule has 1 saturated carbocycles. The van der Waals surface area contributed by atoms with Gasteiger partial charge in [0.05, 0.1) is 10.1 Å². The Morgan fingerprint density at radius 3 is 2.70 bits per heavy atom. The molecule has 3 rings (SSSR count). The van der Waals surface area contributed by atoms with Crippen LogP contribution in [0.25, 0.3) is 0 Å². The summed E-state index contributed by atoms with van der Waals surface area (Å²) in [5.41, 5.74) is 1.02. The number of carbonyl (C=O) groups excluding carboxylic acids is 1. The fourth-order valence-electron chi connectivity index (χ4n) is 3.21. The van der Waals surface area contributed by atoms with E-state index >= 15 is 0 Å². The zero-order chi connectivity index (χ0) is 16.6. The van der Waals surface area contributed by atoms with Crippen molar-refractivity contribution in [2.24, 2.45) is 5.92 Å². The zero-order valence-electron chi connectivity index (χ0n) is 13.6. The van der Waals surface area contributed by atoms with Crippen molar-refractivity contribution in [3.05, 3.63) is 21.9 Å². The zero-order valence-corrected chi connectivity index (χ0v) is 15.3. The lowest BCUT2D eigenvalue weighted by molar-refractivity contribution is 0.0645. The van der Waals surface area contributed by atoms with Gasteiger partial charge in [-0.1, -0.05) is 13.3 Å². The van der Waals surface area contributed by atoms with Gasteiger partial charge in [0.25, 0.3) is 5.91 Å². The number of rotatable bonds is 5. The summed E-state index contributed by atoms with van der Waals surface area (Å²) >= 11 is 1.48. The smallest absolute Gasteiger partial charge is 0.264 e. The number of amides is 1. The van der Waals surface area contributed by atoms with Crippen molar-refractivity contribution < 1.29 is 13.2 Å². The molecule has 0 aromatic carbocycles. The molecule has 2 fully saturated rings. The lowest BCUT2D eigenvalue weighted by Crippen LogP contribution is -2.52. The highest BCUT2D eigenvalue weighted by molar-refractivity contribution is 7.90. The van der Waals surface area contributed by atoms with Crippen LogP contribution in [0.1, 0.15) is 47.8 Å². The van der Waals surface area contributed by atoms with Crippen LogP contribution in [0.3, 0.4) is 0 Å². The number of carbonyl (C=O) groups is 1. The summed E-state index contributed by atoms with van der Waals surface area (Å²) in [7, 11) is -3.17. The molecular weight excluding hydrogens is 332 g/mol. The average molecular weight is 357 g/mol. The molecule has 1 saturated heterocycles. The molecule has 0 unspecified atom stereocenters. The van der Waals surface area contributed by atoms with E-state index in [4.69, 9.17) is 0 Å². The highest BCUT2D eigenvalue weighted by Gasteiger charge is 2.40. The van der Waals surface area contributed by atoms with Crippen LogP contribution < -0.4 is 4.72 Å². The Kier molecular flexibility index (Phi) is 4.80. The van der Waals surface area contributed by atoms with Crippen LogP contribution in [-0.4, -0.2) is 43.6 Å². The topological polar surface area (TPSA) is 66.5 Å². The Bertz CT molecular complexity index is 679. The molecule has 1 aromatic rings. The number of sulfonamides is 1. The molecule has 1 amide bonds. The fourth-order valence-corrected chi connectivity index (χ4v) is 5.78. The van der Waals surface area contributed by atoms with Crippen molar-refractivity contribution in [1.29, 1.82) is 0 Å². The highest BCUT2D eigenvalue weighted by atomic mass is 32.2. The Labute approximate surface area is 142 Å². The van der Waals surface area contributed by atoms with Gasteiger partial charge < -0.3 is 4.90 Å². The van der Waals surface area contributed by atoms with Gasteiger partial charge in [-0.15, -0.1) is 11.3 Å². The van der Waals surface area contributed by atoms with Gasteiger partial charge in [0, 0.05) is 19.1 Å². The first-order chi connectivity index (χ1) is 10.9. The molecule has 1 aliphatic heterocycles. The van der Waals surface area contributed by atoms with Gasteiger partial charge >= 0.3 is 0 Å². The minimum Gasteiger partial charge on any atom is -0.338 e. The first-order valence-corrected chi connectivity index (χ1v) is 10.7. The van der Waals surface area contributed by atoms with Crippen molar-refractivity contribution in [2.75, 3.05) is 13.1 Å². The van der Waals surface area contributed by atoms with Crippen LogP contribution in [0, 0.1) is 12.8 Å². The quantitative estimate of drug-likeness (QED) is 0.881. The molecular formula is C16H24N2O3S2. The summed E-state index contributed by atoms with van der Waals surface area (Å²) in [5.74, 6) is 0.265. The van der Waals surface area contributed by atoms with Gasteiger partial charge in [-0.25, -0.2) is 13.1 Å². The van der Waals surface area contributed by atoms with Crippen LogP contribution in [-0.2, 0) is 10.0 Å². The second-order valence-corrected chi connectivity index (χ2v) is 9.52. The number of likely N-dealkylation sites (tertiary alicyclic amines) is 1. The first-order valence-electron chi connectivity index (χ1n) is 8.27. The third-order valence-electron chi connectivity index (χ3n) is 4.88. The molecule has 0 bridgehead atoms. The van der Waals surface area contributed by atoms with Crippen molar-refractivity contribution in [2.45, 2.75) is 50.8 Å². The third-order valence-corrected chi connectivity index (χ3v) is 7.87. The van der Waals surface area contributed by atoms with Crippen LogP contribution in [0.4, 0.5) is 0 Å². The molecule has 2 heterocycles. The van der Waals surface area contributed by atoms with Gasteiger partial charge in [-0.3, -0.25) is 4.79 Å². The molecule has 2 atom stereocenters. The normalized spacial score (nSPS) is 25.6. The van der Waals surface area contributed by atoms with Gasteiger partial charge in [0.1, 0.15) is 0 Å². The van der Waals surface area contributed by atoms with Gasteiger partial charge in [0.15, 0.2) is 0 Å². The highest BCUT2D eigenvalue weighted by Crippen LogP contribution is 2.30. The molecule has 0 radical (unpaired) electrons. The van der Waals surface area contributed by atoms with E-state index in [1.54, 1.807) is 0 Å². The molecule has 23 heavy (non-hydrogen) atoms. The van der Waals surface area contributed by atoms with E-state index in [-0.39, 0.29) is 23.1 Å². The first kappa shape index (κ1) is 16.9. The number of hydrogen-bond donors (Lipinski definition) is 1. The molecule has 1 aliphatic carbocycles. The van der Waals surface area contributed by atoms with Gasteiger partial charge in [-0.05, 0) is 49.1 Å². The van der Waals surface area contributed by atoms with Crippen LogP contribution in [0.5, 0.6) is 0 Å². The predicted octanol–water partition coefficient (Wildman–Crippen LogP) is 2.38. The van der Waals surface area contributed by atoms with Crippen molar-refractivity contribution >= 4 is 27.3 Å². The Morgan fingerprint density at radius 1 is 1.39 bits per heavy atom. The summed E-state index contributed by atoms with van der Waals surface area (Å²) in [6, 6.07) is 1.92. The molecule has 1 aromatic heterocycles. The number of aryl methyl sites for hydroxylation is 1. The molecule has 2 aliphatic rings. The standard InChI is InChI=1S/C16H24N2O3S2/c1-3-12-10-18(16(19)15-11(2)7-9-22-15)8-6-14(12)17-23(20,21)13-4-5-13/h7,9,12-14,17H,3-6,8,10H2,1-2H3/t12-,14+/m1/s1. The van der Waals surface area contributed by atoms with Gasteiger partial charge in [0.2, 0.25) is 10.0 Å². The third kappa shape index (κ3) is 3.61. The molecule has 1 N–H and O–H groups in total. The average Bonchev–Trinajstić information content (AvgIpc) is 3.30. The number of piperidine rings is 1. The van der Waals surface area contributed by atoms with E-state index in [1.165, 1.54) is 11.3 Å². The Hall–Kier alpha value is -0.920. The van der Waals surface area contributed by atoms with Crippen LogP contribution in [0.2, 0.25) is 0 Å². The summed E-state index contributed by atoms with van der Waals surface area (Å²) in [4.78, 5) is 15.3. The number of nitrogens with one attached hydrogen (secondary N) is 1.